The molecule has 43 heavy (non-hydrogen) atoms. The Kier molecular flexibility index (Phi) is 9.47. The van der Waals surface area contributed by atoms with E-state index in [0.717, 1.165) is 5.39 Å². The Morgan fingerprint density at radius 3 is 2.56 bits per heavy atom. The number of aromatic nitrogens is 2. The molecule has 3 aromatic rings. The minimum Gasteiger partial charge on any atom is -0.462 e. The third kappa shape index (κ3) is 6.83. The third-order valence-corrected chi connectivity index (χ3v) is 8.08. The summed E-state index contributed by atoms with van der Waals surface area (Å²) in [6, 6.07) is 10.1. The van der Waals surface area contributed by atoms with Gasteiger partial charge in [-0.25, -0.2) is 26.9 Å². The normalized spacial score (nSPS) is 24.3. The van der Waals surface area contributed by atoms with Crippen molar-refractivity contribution in [3.05, 3.63) is 65.0 Å². The Balaban J connectivity index is 1.66. The van der Waals surface area contributed by atoms with Gasteiger partial charge in [0.25, 0.3) is 6.43 Å². The number of nitrogen functional groups attached to an aromatic ring is 1. The summed E-state index contributed by atoms with van der Waals surface area (Å²) in [6.07, 6.45) is -11.6. The first kappa shape index (κ1) is 32.4. The number of hydrogen-bond acceptors (Lipinski definition) is 10. The lowest BCUT2D eigenvalue weighted by atomic mass is 9.97. The molecule has 2 heterocycles. The van der Waals surface area contributed by atoms with Crippen molar-refractivity contribution in [1.82, 2.24) is 14.6 Å². The van der Waals surface area contributed by atoms with Gasteiger partial charge in [0.15, 0.2) is 29.6 Å². The molecule has 1 aliphatic heterocycles. The molecule has 0 radical (unpaired) electrons. The Morgan fingerprint density at radius 2 is 1.91 bits per heavy atom. The summed E-state index contributed by atoms with van der Waals surface area (Å²) in [4.78, 5) is 27.8. The van der Waals surface area contributed by atoms with Crippen LogP contribution < -0.4 is 21.0 Å². The molecule has 1 unspecified atom stereocenters. The lowest BCUT2D eigenvalue weighted by Gasteiger charge is -2.32. The van der Waals surface area contributed by atoms with Crippen LogP contribution in [0.4, 0.5) is 23.4 Å². The standard InChI is InChI=1S/C26H29F4N4O8P/c1-13(2)40-23(36)14(3)33-43(38,42-17-9-8-15-6-4-5-7-16(15)10-17)39-12-26(24(29)30)20(35)19(28)22(41-26)34-11-18(27)21(31)32-25(34)37/h4-11,13-14,19-20,22,24,35H,12H2,1-3H3,(H,33,38)(H2,31,32,37)/t14-,19+,20-,22+,26+,43?/m0/s1. The highest BCUT2D eigenvalue weighted by Gasteiger charge is 2.62. The molecular formula is C26H29F4N4O8P. The molecule has 0 amide bonds. The zero-order valence-corrected chi connectivity index (χ0v) is 23.9. The maximum atomic E-state index is 15.2. The van der Waals surface area contributed by atoms with Gasteiger partial charge < -0.3 is 24.8 Å². The lowest BCUT2D eigenvalue weighted by Crippen LogP contribution is -2.52. The van der Waals surface area contributed by atoms with Crippen molar-refractivity contribution in [2.45, 2.75) is 63.4 Å². The highest BCUT2D eigenvalue weighted by molar-refractivity contribution is 7.52. The Hall–Kier alpha value is -3.56. The van der Waals surface area contributed by atoms with E-state index in [0.29, 0.717) is 11.6 Å². The van der Waals surface area contributed by atoms with Crippen molar-refractivity contribution in [2.75, 3.05) is 12.3 Å². The number of benzene rings is 2. The quantitative estimate of drug-likeness (QED) is 0.161. The van der Waals surface area contributed by atoms with Gasteiger partial charge in [0, 0.05) is 0 Å². The molecule has 0 bridgehead atoms. The van der Waals surface area contributed by atoms with Crippen LogP contribution in [-0.2, 0) is 23.4 Å². The Labute approximate surface area is 242 Å². The summed E-state index contributed by atoms with van der Waals surface area (Å²) >= 11 is 0. The van der Waals surface area contributed by atoms with E-state index >= 15 is 4.39 Å². The molecule has 0 spiro atoms. The molecule has 17 heteroatoms. The van der Waals surface area contributed by atoms with Gasteiger partial charge in [0.1, 0.15) is 17.9 Å². The molecule has 2 aromatic carbocycles. The van der Waals surface area contributed by atoms with Crippen molar-refractivity contribution in [3.8, 4) is 5.75 Å². The minimum absolute atomic E-state index is 0.0610. The number of nitrogens with two attached hydrogens (primary N) is 1. The largest absolute Gasteiger partial charge is 0.462 e. The summed E-state index contributed by atoms with van der Waals surface area (Å²) in [7, 11) is -4.82. The molecule has 6 atom stereocenters. The van der Waals surface area contributed by atoms with Crippen LogP contribution in [0, 0.1) is 5.82 Å². The highest BCUT2D eigenvalue weighted by Crippen LogP contribution is 2.50. The fraction of sp³-hybridized carbons (Fsp3) is 0.423. The second kappa shape index (κ2) is 12.6. The van der Waals surface area contributed by atoms with E-state index in [-0.39, 0.29) is 10.3 Å². The van der Waals surface area contributed by atoms with E-state index in [1.807, 2.05) is 0 Å². The number of esters is 1. The monoisotopic (exact) mass is 632 g/mol. The molecule has 1 aromatic heterocycles. The zero-order valence-electron chi connectivity index (χ0n) is 23.0. The number of carbonyl (C=O) groups excluding carboxylic acids is 1. The number of aliphatic hydroxyl groups is 1. The average molecular weight is 633 g/mol. The van der Waals surface area contributed by atoms with Crippen LogP contribution in [0.3, 0.4) is 0 Å². The molecule has 0 aliphatic carbocycles. The smallest absolute Gasteiger partial charge is 0.459 e. The average Bonchev–Trinajstić information content (AvgIpc) is 3.19. The molecular weight excluding hydrogens is 603 g/mol. The Morgan fingerprint density at radius 1 is 1.23 bits per heavy atom. The maximum Gasteiger partial charge on any atom is 0.459 e. The van der Waals surface area contributed by atoms with Gasteiger partial charge in [-0.15, -0.1) is 0 Å². The van der Waals surface area contributed by atoms with Gasteiger partial charge >= 0.3 is 19.4 Å². The number of rotatable bonds is 11. The van der Waals surface area contributed by atoms with Gasteiger partial charge in [-0.05, 0) is 43.7 Å². The molecule has 1 aliphatic rings. The first-order valence-electron chi connectivity index (χ1n) is 12.9. The van der Waals surface area contributed by atoms with E-state index in [1.54, 1.807) is 44.2 Å². The van der Waals surface area contributed by atoms with Gasteiger partial charge in [-0.2, -0.15) is 10.1 Å². The predicted octanol–water partition coefficient (Wildman–Crippen LogP) is 3.48. The number of nitrogens with one attached hydrogen (secondary N) is 1. The van der Waals surface area contributed by atoms with Crippen LogP contribution in [0.1, 0.15) is 27.0 Å². The SMILES string of the molecule is CC(C)OC(=O)[C@H](C)NP(=O)(OC[C@@]1(C(F)F)O[C@@H](n2cc(F)c(N)nc2=O)[C@H](F)[C@@H]1O)Oc1ccc2ccccc2c1. The van der Waals surface area contributed by atoms with Gasteiger partial charge in [0.05, 0.1) is 18.9 Å². The molecule has 12 nitrogen and oxygen atoms in total. The van der Waals surface area contributed by atoms with E-state index in [9.17, 15) is 32.4 Å². The number of hydrogen-bond donors (Lipinski definition) is 3. The summed E-state index contributed by atoms with van der Waals surface area (Å²) in [5, 5.41) is 14.3. The topological polar surface area (TPSA) is 164 Å². The zero-order chi connectivity index (χ0) is 31.7. The van der Waals surface area contributed by atoms with Crippen molar-refractivity contribution in [2.24, 2.45) is 0 Å². The second-order valence-electron chi connectivity index (χ2n) is 10.0. The van der Waals surface area contributed by atoms with E-state index in [4.69, 9.17) is 24.3 Å². The third-order valence-electron chi connectivity index (χ3n) is 6.46. The number of aliphatic hydroxyl groups excluding tert-OH is 1. The molecule has 4 N–H and O–H groups in total. The molecule has 1 fully saturated rings. The number of nitrogens with zero attached hydrogens (tertiary/aromatic N) is 2. The fourth-order valence-corrected chi connectivity index (χ4v) is 5.78. The summed E-state index contributed by atoms with van der Waals surface area (Å²) in [5.41, 5.74) is 0.625. The number of carbonyl (C=O) groups is 1. The van der Waals surface area contributed by atoms with Crippen LogP contribution in [-0.4, -0.2) is 63.7 Å². The minimum atomic E-state index is -4.82. The number of halogens is 4. The van der Waals surface area contributed by atoms with Crippen LogP contribution in [0.2, 0.25) is 0 Å². The first-order valence-corrected chi connectivity index (χ1v) is 14.4. The summed E-state index contributed by atoms with van der Waals surface area (Å²) in [5.74, 6) is -3.06. The van der Waals surface area contributed by atoms with Crippen molar-refractivity contribution in [1.29, 1.82) is 0 Å². The lowest BCUT2D eigenvalue weighted by molar-refractivity contribution is -0.193. The summed E-state index contributed by atoms with van der Waals surface area (Å²) in [6.45, 7) is 2.90. The number of anilines is 1. The van der Waals surface area contributed by atoms with Gasteiger partial charge in [-0.1, -0.05) is 30.3 Å². The van der Waals surface area contributed by atoms with Crippen LogP contribution in [0.15, 0.2) is 53.5 Å². The first-order chi connectivity index (χ1) is 20.2. The number of fused-ring (bicyclic) bond motifs is 1. The fourth-order valence-electron chi connectivity index (χ4n) is 4.26. The van der Waals surface area contributed by atoms with Crippen LogP contribution in [0.25, 0.3) is 10.8 Å². The maximum absolute atomic E-state index is 15.2. The van der Waals surface area contributed by atoms with Crippen LogP contribution in [0.5, 0.6) is 5.75 Å². The van der Waals surface area contributed by atoms with E-state index in [2.05, 4.69) is 10.1 Å². The summed E-state index contributed by atoms with van der Waals surface area (Å²) < 4.78 is 93.4. The Bertz CT molecular complexity index is 1590. The predicted molar refractivity (Wildman–Crippen MR) is 145 cm³/mol. The molecule has 0 saturated carbocycles. The second-order valence-corrected chi connectivity index (χ2v) is 11.7. The molecule has 234 valence electrons. The van der Waals surface area contributed by atoms with E-state index < -0.39 is 80.3 Å². The van der Waals surface area contributed by atoms with Gasteiger partial charge in [0.2, 0.25) is 0 Å². The van der Waals surface area contributed by atoms with E-state index in [1.165, 1.54) is 19.1 Å². The van der Waals surface area contributed by atoms with Crippen molar-refractivity contribution >= 4 is 30.3 Å². The molecule has 1 saturated heterocycles. The highest BCUT2D eigenvalue weighted by atomic mass is 31.2. The molecule has 4 rings (SSSR count). The van der Waals surface area contributed by atoms with Crippen molar-refractivity contribution in [3.63, 3.8) is 0 Å². The van der Waals surface area contributed by atoms with Crippen LogP contribution >= 0.6 is 7.75 Å². The van der Waals surface area contributed by atoms with Gasteiger partial charge in [-0.3, -0.25) is 13.9 Å². The number of ether oxygens (including phenoxy) is 2. The number of alkyl halides is 3. The van der Waals surface area contributed by atoms with Crippen molar-refractivity contribution < 1.29 is 50.5 Å².